The van der Waals surface area contributed by atoms with E-state index in [1.807, 2.05) is 6.92 Å². The highest BCUT2D eigenvalue weighted by molar-refractivity contribution is 5.90. The van der Waals surface area contributed by atoms with E-state index in [0.29, 0.717) is 23.4 Å². The van der Waals surface area contributed by atoms with Crippen LogP contribution in [0, 0.1) is 5.82 Å². The Morgan fingerprint density at radius 3 is 2.48 bits per heavy atom. The van der Waals surface area contributed by atoms with Crippen molar-refractivity contribution in [1.29, 1.82) is 0 Å². The molecule has 0 unspecified atom stereocenters. The summed E-state index contributed by atoms with van der Waals surface area (Å²) in [6.45, 7) is 3.67. The molecule has 0 aliphatic heterocycles. The van der Waals surface area contributed by atoms with Crippen molar-refractivity contribution < 1.29 is 19.0 Å². The molecule has 1 N–H and O–H groups in total. The number of aromatic nitrogens is 2. The molecule has 0 saturated heterocycles. The molecule has 0 aliphatic rings. The topological polar surface area (TPSA) is 72.3 Å². The first-order valence-electron chi connectivity index (χ1n) is 6.59. The Bertz CT molecular complexity index is 657. The van der Waals surface area contributed by atoms with E-state index in [0.717, 1.165) is 0 Å². The number of nitrogens with zero attached hydrogens (tertiary/aromatic N) is 2. The lowest BCUT2D eigenvalue weighted by Gasteiger charge is -2.10. The normalized spacial score (nSPS) is 10.4. The maximum absolute atomic E-state index is 13.0. The average Bonchev–Trinajstić information content (AvgIpc) is 2.48. The van der Waals surface area contributed by atoms with Gasteiger partial charge in [-0.2, -0.15) is 0 Å². The smallest absolute Gasteiger partial charge is 0.362 e. The Hall–Kier alpha value is -2.50. The predicted octanol–water partition coefficient (Wildman–Crippen LogP) is 2.73. The number of hydrogen-bond donors (Lipinski definition) is 1. The van der Waals surface area contributed by atoms with Crippen LogP contribution in [-0.4, -0.2) is 27.7 Å². The molecule has 2 rings (SSSR count). The monoisotopic (exact) mass is 290 g/mol. The highest BCUT2D eigenvalue weighted by Gasteiger charge is 2.20. The quantitative estimate of drug-likeness (QED) is 0.876. The molecule has 0 bridgehead atoms. The van der Waals surface area contributed by atoms with Crippen molar-refractivity contribution in [3.63, 3.8) is 0 Å². The summed E-state index contributed by atoms with van der Waals surface area (Å²) in [6, 6.07) is 5.69. The molecule has 0 spiro atoms. The van der Waals surface area contributed by atoms with Gasteiger partial charge in [0, 0.05) is 5.56 Å². The summed E-state index contributed by atoms with van der Waals surface area (Å²) in [5, 5.41) is 9.80. The third-order valence-corrected chi connectivity index (χ3v) is 2.87. The number of carbonyl (C=O) groups excluding carboxylic acids is 1. The van der Waals surface area contributed by atoms with Crippen LogP contribution >= 0.6 is 0 Å². The van der Waals surface area contributed by atoms with Gasteiger partial charge >= 0.3 is 5.97 Å². The van der Waals surface area contributed by atoms with Gasteiger partial charge in [-0.05, 0) is 37.6 Å². The highest BCUT2D eigenvalue weighted by atomic mass is 19.1. The van der Waals surface area contributed by atoms with E-state index >= 15 is 0 Å². The maximum atomic E-state index is 13.0. The van der Waals surface area contributed by atoms with Crippen LogP contribution in [0.4, 0.5) is 4.39 Å². The van der Waals surface area contributed by atoms with Gasteiger partial charge in [0.2, 0.25) is 11.6 Å². The predicted molar refractivity (Wildman–Crippen MR) is 74.4 cm³/mol. The Balaban J connectivity index is 2.55. The second-order valence-electron chi connectivity index (χ2n) is 4.27. The number of esters is 1. The molecule has 1 aromatic carbocycles. The summed E-state index contributed by atoms with van der Waals surface area (Å²) >= 11 is 0. The van der Waals surface area contributed by atoms with Gasteiger partial charge in [-0.15, -0.1) is 0 Å². The average molecular weight is 290 g/mol. The summed E-state index contributed by atoms with van der Waals surface area (Å²) in [4.78, 5) is 19.9. The van der Waals surface area contributed by atoms with Crippen LogP contribution in [0.5, 0.6) is 5.88 Å². The molecule has 110 valence electrons. The largest absolute Gasteiger partial charge is 0.492 e. The van der Waals surface area contributed by atoms with Crippen molar-refractivity contribution in [2.45, 2.75) is 20.3 Å². The molecule has 0 radical (unpaired) electrons. The molecule has 0 atom stereocenters. The number of ether oxygens (including phenoxy) is 1. The minimum Gasteiger partial charge on any atom is -0.492 e. The van der Waals surface area contributed by atoms with Gasteiger partial charge in [0.05, 0.1) is 18.0 Å². The Morgan fingerprint density at radius 1 is 1.24 bits per heavy atom. The number of carbonyl (C=O) groups is 1. The van der Waals surface area contributed by atoms with Gasteiger partial charge in [-0.3, -0.25) is 0 Å². The van der Waals surface area contributed by atoms with Gasteiger partial charge in [0.1, 0.15) is 5.82 Å². The summed E-state index contributed by atoms with van der Waals surface area (Å²) in [7, 11) is 0. The standard InChI is InChI=1S/C15H15FN2O3/c1-3-11-12(9-5-7-10(16)8-6-9)18-13(14(19)17-11)15(20)21-4-2/h5-8H,3-4H2,1-2H3,(H,17,19). The molecule has 0 aliphatic carbocycles. The first kappa shape index (κ1) is 14.9. The fourth-order valence-electron chi connectivity index (χ4n) is 1.88. The van der Waals surface area contributed by atoms with E-state index in [9.17, 15) is 14.3 Å². The van der Waals surface area contributed by atoms with Crippen LogP contribution in [0.25, 0.3) is 11.3 Å². The van der Waals surface area contributed by atoms with Crippen LogP contribution in [0.1, 0.15) is 30.0 Å². The lowest BCUT2D eigenvalue weighted by atomic mass is 10.1. The SMILES string of the molecule is CCOC(=O)c1nc(-c2ccc(F)cc2)c(CC)nc1O. The van der Waals surface area contributed by atoms with Gasteiger partial charge in [-0.1, -0.05) is 6.92 Å². The van der Waals surface area contributed by atoms with Crippen molar-refractivity contribution in [3.05, 3.63) is 41.5 Å². The molecule has 21 heavy (non-hydrogen) atoms. The zero-order valence-corrected chi connectivity index (χ0v) is 11.8. The molecule has 1 heterocycles. The molecule has 0 amide bonds. The lowest BCUT2D eigenvalue weighted by molar-refractivity contribution is 0.0515. The molecule has 0 saturated carbocycles. The number of aryl methyl sites for hydroxylation is 1. The zero-order valence-electron chi connectivity index (χ0n) is 11.8. The number of aromatic hydroxyl groups is 1. The van der Waals surface area contributed by atoms with Crippen molar-refractivity contribution in [3.8, 4) is 17.1 Å². The van der Waals surface area contributed by atoms with Gasteiger partial charge in [0.15, 0.2) is 0 Å². The van der Waals surface area contributed by atoms with E-state index in [1.54, 1.807) is 19.1 Å². The molecular formula is C15H15FN2O3. The van der Waals surface area contributed by atoms with E-state index in [2.05, 4.69) is 9.97 Å². The minimum absolute atomic E-state index is 0.168. The number of hydrogen-bond acceptors (Lipinski definition) is 5. The zero-order chi connectivity index (χ0) is 15.4. The summed E-state index contributed by atoms with van der Waals surface area (Å²) in [5.74, 6) is -1.57. The third-order valence-electron chi connectivity index (χ3n) is 2.87. The molecule has 6 heteroatoms. The van der Waals surface area contributed by atoms with Crippen molar-refractivity contribution in [1.82, 2.24) is 9.97 Å². The van der Waals surface area contributed by atoms with Crippen LogP contribution in [0.2, 0.25) is 0 Å². The van der Waals surface area contributed by atoms with Crippen LogP contribution in [0.15, 0.2) is 24.3 Å². The number of halogens is 1. The van der Waals surface area contributed by atoms with E-state index in [4.69, 9.17) is 4.74 Å². The fourth-order valence-corrected chi connectivity index (χ4v) is 1.88. The highest BCUT2D eigenvalue weighted by Crippen LogP contribution is 2.25. The Labute approximate surface area is 121 Å². The van der Waals surface area contributed by atoms with Crippen LogP contribution in [0.3, 0.4) is 0 Å². The Morgan fingerprint density at radius 2 is 1.90 bits per heavy atom. The fraction of sp³-hybridized carbons (Fsp3) is 0.267. The lowest BCUT2D eigenvalue weighted by Crippen LogP contribution is -2.11. The molecular weight excluding hydrogens is 275 g/mol. The number of benzene rings is 1. The second-order valence-corrected chi connectivity index (χ2v) is 4.27. The first-order valence-corrected chi connectivity index (χ1v) is 6.59. The third kappa shape index (κ3) is 3.16. The van der Waals surface area contributed by atoms with Crippen LogP contribution < -0.4 is 0 Å². The molecule has 2 aromatic rings. The van der Waals surface area contributed by atoms with Crippen molar-refractivity contribution >= 4 is 5.97 Å². The summed E-state index contributed by atoms with van der Waals surface area (Å²) in [6.07, 6.45) is 0.510. The Kier molecular flexibility index (Phi) is 4.47. The van der Waals surface area contributed by atoms with E-state index in [1.165, 1.54) is 12.1 Å². The van der Waals surface area contributed by atoms with Crippen molar-refractivity contribution in [2.24, 2.45) is 0 Å². The maximum Gasteiger partial charge on any atom is 0.362 e. The molecule has 1 aromatic heterocycles. The number of rotatable bonds is 4. The summed E-state index contributed by atoms with van der Waals surface area (Å²) < 4.78 is 17.8. The van der Waals surface area contributed by atoms with E-state index < -0.39 is 11.8 Å². The summed E-state index contributed by atoms with van der Waals surface area (Å²) in [5.41, 5.74) is 1.32. The minimum atomic E-state index is -0.742. The molecule has 0 fully saturated rings. The van der Waals surface area contributed by atoms with Gasteiger partial charge < -0.3 is 9.84 Å². The van der Waals surface area contributed by atoms with Crippen LogP contribution in [-0.2, 0) is 11.2 Å². The van der Waals surface area contributed by atoms with Crippen molar-refractivity contribution in [2.75, 3.05) is 6.61 Å². The second kappa shape index (κ2) is 6.30. The first-order chi connectivity index (χ1) is 10.1. The van der Waals surface area contributed by atoms with E-state index in [-0.39, 0.29) is 18.1 Å². The van der Waals surface area contributed by atoms with Gasteiger partial charge in [0.25, 0.3) is 0 Å². The molecule has 5 nitrogen and oxygen atoms in total. The van der Waals surface area contributed by atoms with Gasteiger partial charge in [-0.25, -0.2) is 19.2 Å².